The number of fused-ring (bicyclic) bond motifs is 1. The van der Waals surface area contributed by atoms with Crippen molar-refractivity contribution in [3.05, 3.63) is 60.3 Å². The maximum Gasteiger partial charge on any atom is 0.268 e. The minimum absolute atomic E-state index is 0.0318. The number of carbonyl (C=O) groups is 1. The van der Waals surface area contributed by atoms with Crippen molar-refractivity contribution in [1.29, 1.82) is 0 Å². The van der Waals surface area contributed by atoms with Gasteiger partial charge in [-0.1, -0.05) is 18.2 Å². The van der Waals surface area contributed by atoms with E-state index in [2.05, 4.69) is 0 Å². The predicted octanol–water partition coefficient (Wildman–Crippen LogP) is 2.63. The molecular formula is C17H15NO4S. The van der Waals surface area contributed by atoms with Crippen LogP contribution in [0.4, 0.5) is 0 Å². The third-order valence-electron chi connectivity index (χ3n) is 3.63. The molecule has 0 bridgehead atoms. The van der Waals surface area contributed by atoms with Crippen LogP contribution in [0.15, 0.2) is 59.5 Å². The molecule has 3 aromatic rings. The first-order valence-corrected chi connectivity index (χ1v) is 8.44. The average molecular weight is 329 g/mol. The second kappa shape index (κ2) is 5.89. The predicted molar refractivity (Wildman–Crippen MR) is 87.3 cm³/mol. The van der Waals surface area contributed by atoms with E-state index in [4.69, 9.17) is 4.74 Å². The summed E-state index contributed by atoms with van der Waals surface area (Å²) in [6.07, 6.45) is 0.734. The van der Waals surface area contributed by atoms with E-state index < -0.39 is 10.0 Å². The van der Waals surface area contributed by atoms with Gasteiger partial charge in [-0.2, -0.15) is 0 Å². The van der Waals surface area contributed by atoms with Gasteiger partial charge in [0, 0.05) is 17.5 Å². The molecule has 0 aliphatic heterocycles. The lowest BCUT2D eigenvalue weighted by Gasteiger charge is -2.11. The zero-order chi connectivity index (χ0) is 16.4. The molecule has 0 aliphatic rings. The van der Waals surface area contributed by atoms with Gasteiger partial charge < -0.3 is 9.53 Å². The van der Waals surface area contributed by atoms with Crippen molar-refractivity contribution in [3.8, 4) is 5.75 Å². The van der Waals surface area contributed by atoms with E-state index in [1.807, 2.05) is 12.1 Å². The van der Waals surface area contributed by atoms with Crippen molar-refractivity contribution in [3.63, 3.8) is 0 Å². The molecule has 5 nitrogen and oxygen atoms in total. The second-order valence-corrected chi connectivity index (χ2v) is 6.80. The van der Waals surface area contributed by atoms with Gasteiger partial charge in [0.15, 0.2) is 0 Å². The molecule has 0 N–H and O–H groups in total. The van der Waals surface area contributed by atoms with Gasteiger partial charge in [-0.15, -0.1) is 0 Å². The summed E-state index contributed by atoms with van der Waals surface area (Å²) in [4.78, 5) is 11.1. The number of rotatable bonds is 5. The number of para-hydroxylation sites is 1. The third kappa shape index (κ3) is 2.61. The van der Waals surface area contributed by atoms with Crippen molar-refractivity contribution in [2.75, 3.05) is 7.11 Å². The molecule has 118 valence electrons. The number of aldehydes is 1. The van der Waals surface area contributed by atoms with E-state index in [0.29, 0.717) is 23.2 Å². The van der Waals surface area contributed by atoms with E-state index in [9.17, 15) is 13.2 Å². The van der Waals surface area contributed by atoms with Crippen molar-refractivity contribution < 1.29 is 17.9 Å². The maximum atomic E-state index is 13.0. The summed E-state index contributed by atoms with van der Waals surface area (Å²) in [5.41, 5.74) is 0.997. The molecular weight excluding hydrogens is 314 g/mol. The first kappa shape index (κ1) is 15.3. The molecule has 1 heterocycles. The Hall–Kier alpha value is -2.60. The zero-order valence-electron chi connectivity index (χ0n) is 12.5. The maximum absolute atomic E-state index is 13.0. The number of benzene rings is 2. The van der Waals surface area contributed by atoms with Gasteiger partial charge in [-0.05, 0) is 36.4 Å². The molecule has 0 aliphatic carbocycles. The summed E-state index contributed by atoms with van der Waals surface area (Å²) < 4.78 is 32.3. The molecule has 6 heteroatoms. The summed E-state index contributed by atoms with van der Waals surface area (Å²) >= 11 is 0. The SMILES string of the molecule is COc1ccc(S(=O)(=O)n2c(CC=O)cc3ccccc32)cc1. The fourth-order valence-electron chi connectivity index (χ4n) is 2.55. The minimum Gasteiger partial charge on any atom is -0.497 e. The topological polar surface area (TPSA) is 65.4 Å². The van der Waals surface area contributed by atoms with E-state index in [1.165, 1.54) is 23.2 Å². The van der Waals surface area contributed by atoms with E-state index in [-0.39, 0.29) is 11.3 Å². The molecule has 0 saturated heterocycles. The summed E-state index contributed by atoms with van der Waals surface area (Å²) in [7, 11) is -2.28. The Bertz CT molecular complexity index is 956. The van der Waals surface area contributed by atoms with Crippen LogP contribution in [0.25, 0.3) is 10.9 Å². The molecule has 0 saturated carbocycles. The van der Waals surface area contributed by atoms with Crippen molar-refractivity contribution in [2.45, 2.75) is 11.3 Å². The lowest BCUT2D eigenvalue weighted by atomic mass is 10.2. The lowest BCUT2D eigenvalue weighted by Crippen LogP contribution is -2.16. The summed E-state index contributed by atoms with van der Waals surface area (Å²) in [5.74, 6) is 0.578. The van der Waals surface area contributed by atoms with Crippen LogP contribution in [0.1, 0.15) is 5.69 Å². The van der Waals surface area contributed by atoms with Gasteiger partial charge in [-0.25, -0.2) is 12.4 Å². The van der Waals surface area contributed by atoms with Gasteiger partial charge in [0.25, 0.3) is 10.0 Å². The van der Waals surface area contributed by atoms with Crippen LogP contribution >= 0.6 is 0 Å². The number of ether oxygens (including phenoxy) is 1. The second-order valence-electron chi connectivity index (χ2n) is 5.01. The Kier molecular flexibility index (Phi) is 3.92. The molecule has 23 heavy (non-hydrogen) atoms. The fourth-order valence-corrected chi connectivity index (χ4v) is 4.10. The summed E-state index contributed by atoms with van der Waals surface area (Å²) in [6.45, 7) is 0. The minimum atomic E-state index is -3.80. The molecule has 0 fully saturated rings. The van der Waals surface area contributed by atoms with Gasteiger partial charge in [-0.3, -0.25) is 0 Å². The highest BCUT2D eigenvalue weighted by molar-refractivity contribution is 7.90. The highest BCUT2D eigenvalue weighted by atomic mass is 32.2. The first-order valence-electron chi connectivity index (χ1n) is 7.00. The Balaban J connectivity index is 2.24. The van der Waals surface area contributed by atoms with Crippen LogP contribution in [-0.2, 0) is 21.2 Å². The zero-order valence-corrected chi connectivity index (χ0v) is 13.3. The van der Waals surface area contributed by atoms with E-state index >= 15 is 0 Å². The molecule has 0 amide bonds. The van der Waals surface area contributed by atoms with Crippen LogP contribution in [0.2, 0.25) is 0 Å². The van der Waals surface area contributed by atoms with Crippen molar-refractivity contribution in [1.82, 2.24) is 3.97 Å². The molecule has 1 aromatic heterocycles. The monoisotopic (exact) mass is 329 g/mol. The molecule has 0 atom stereocenters. The van der Waals surface area contributed by atoms with Crippen molar-refractivity contribution in [2.24, 2.45) is 0 Å². The quantitative estimate of drug-likeness (QED) is 0.675. The summed E-state index contributed by atoms with van der Waals surface area (Å²) in [6, 6.07) is 15.1. The Labute approximate surface area is 134 Å². The van der Waals surface area contributed by atoms with Crippen molar-refractivity contribution >= 4 is 27.2 Å². The number of methoxy groups -OCH3 is 1. The highest BCUT2D eigenvalue weighted by Gasteiger charge is 2.22. The fraction of sp³-hybridized carbons (Fsp3) is 0.118. The Morgan fingerprint density at radius 3 is 2.43 bits per heavy atom. The number of aromatic nitrogens is 1. The first-order chi connectivity index (χ1) is 11.1. The smallest absolute Gasteiger partial charge is 0.268 e. The van der Waals surface area contributed by atoms with Crippen LogP contribution in [0.3, 0.4) is 0 Å². The molecule has 0 unspecified atom stereocenters. The van der Waals surface area contributed by atoms with Gasteiger partial charge in [0.1, 0.15) is 12.0 Å². The average Bonchev–Trinajstić information content (AvgIpc) is 2.94. The highest BCUT2D eigenvalue weighted by Crippen LogP contribution is 2.26. The normalized spacial score (nSPS) is 11.5. The largest absolute Gasteiger partial charge is 0.497 e. The molecule has 3 rings (SSSR count). The van der Waals surface area contributed by atoms with E-state index in [1.54, 1.807) is 30.3 Å². The molecule has 0 radical (unpaired) electrons. The van der Waals surface area contributed by atoms with Crippen LogP contribution in [-0.4, -0.2) is 25.8 Å². The van der Waals surface area contributed by atoms with Crippen LogP contribution < -0.4 is 4.74 Å². The number of hydrogen-bond donors (Lipinski definition) is 0. The van der Waals surface area contributed by atoms with E-state index in [0.717, 1.165) is 5.39 Å². The third-order valence-corrected chi connectivity index (χ3v) is 5.41. The lowest BCUT2D eigenvalue weighted by molar-refractivity contribution is -0.107. The Morgan fingerprint density at radius 1 is 1.09 bits per heavy atom. The Morgan fingerprint density at radius 2 is 1.78 bits per heavy atom. The van der Waals surface area contributed by atoms with Gasteiger partial charge in [0.05, 0.1) is 17.5 Å². The molecule has 0 spiro atoms. The van der Waals surface area contributed by atoms with Crippen LogP contribution in [0.5, 0.6) is 5.75 Å². The standard InChI is InChI=1S/C17H15NO4S/c1-22-15-6-8-16(9-7-15)23(20,21)18-14(10-11-19)12-13-4-2-3-5-17(13)18/h2-9,11-12H,10H2,1H3. The van der Waals surface area contributed by atoms with Gasteiger partial charge in [0.2, 0.25) is 0 Å². The number of hydrogen-bond acceptors (Lipinski definition) is 4. The van der Waals surface area contributed by atoms with Crippen LogP contribution in [0, 0.1) is 0 Å². The molecule has 2 aromatic carbocycles. The summed E-state index contributed by atoms with van der Waals surface area (Å²) in [5, 5.41) is 0.779. The number of carbonyl (C=O) groups excluding carboxylic acids is 1. The van der Waals surface area contributed by atoms with Gasteiger partial charge >= 0.3 is 0 Å². The number of nitrogens with zero attached hydrogens (tertiary/aromatic N) is 1.